The Hall–Kier alpha value is -2.87. The molecule has 5 atom stereocenters. The smallest absolute Gasteiger partial charge is 0.459 e. The van der Waals surface area contributed by atoms with Crippen LogP contribution >= 0.6 is 7.75 Å². The molecule has 0 saturated heterocycles. The van der Waals surface area contributed by atoms with Crippen LogP contribution in [0.15, 0.2) is 52.2 Å². The topological polar surface area (TPSA) is 178 Å². The Morgan fingerprint density at radius 3 is 2.42 bits per heavy atom. The van der Waals surface area contributed by atoms with Gasteiger partial charge in [0.25, 0.3) is 11.4 Å². The van der Waals surface area contributed by atoms with E-state index in [0.29, 0.717) is 4.57 Å². The van der Waals surface area contributed by atoms with Gasteiger partial charge in [-0.25, -0.2) is 13.8 Å². The second kappa shape index (κ2) is 13.8. The number of halogens is 1. The average Bonchev–Trinajstić information content (AvgIpc) is 2.86. The zero-order valence-corrected chi connectivity index (χ0v) is 22.3. The van der Waals surface area contributed by atoms with Crippen molar-refractivity contribution in [2.45, 2.75) is 64.4 Å². The van der Waals surface area contributed by atoms with E-state index < -0.39 is 68.5 Å². The van der Waals surface area contributed by atoms with E-state index in [1.165, 1.54) is 26.0 Å². The number of para-hydroxylation sites is 1. The molecule has 4 N–H and O–H groups in total. The highest BCUT2D eigenvalue weighted by molar-refractivity contribution is 7.52. The van der Waals surface area contributed by atoms with Crippen LogP contribution in [0, 0.1) is 0 Å². The predicted octanol–water partition coefficient (Wildman–Crippen LogP) is 1.61. The van der Waals surface area contributed by atoms with E-state index >= 15 is 4.39 Å². The lowest BCUT2D eigenvalue weighted by atomic mass is 10.1. The maximum atomic E-state index is 16.1. The quantitative estimate of drug-likeness (QED) is 0.183. The van der Waals surface area contributed by atoms with E-state index in [1.807, 2.05) is 4.98 Å². The Balaban J connectivity index is 2.35. The zero-order chi connectivity index (χ0) is 28.5. The molecule has 212 valence electrons. The fraction of sp³-hybridized carbons (Fsp3) is 0.522. The van der Waals surface area contributed by atoms with Crippen molar-refractivity contribution in [1.82, 2.24) is 14.6 Å². The van der Waals surface area contributed by atoms with Gasteiger partial charge in [0.2, 0.25) is 0 Å². The number of H-pyrrole nitrogens is 1. The standard InChI is InChI=1S/C23H33FN3O10P/c1-5-18(29)23(24,36-20(13-28)27-12-11-19(30)25-22(27)32)14-34-38(33,37-17-9-7-6-8-10-17)26-16(4)21(31)35-15(2)3/h6-12,15-16,18,20,28-29H,5,13-14H2,1-4H3,(H,26,33)(H,25,30,32)/t16-,18-,20+,23+,38?/m0/s1. The molecule has 13 nitrogen and oxygen atoms in total. The number of aromatic amines is 1. The van der Waals surface area contributed by atoms with Gasteiger partial charge in [-0.1, -0.05) is 25.1 Å². The predicted molar refractivity (Wildman–Crippen MR) is 133 cm³/mol. The summed E-state index contributed by atoms with van der Waals surface area (Å²) in [5.74, 6) is -3.87. The molecule has 0 fully saturated rings. The first kappa shape index (κ1) is 31.3. The highest BCUT2D eigenvalue weighted by atomic mass is 31.2. The van der Waals surface area contributed by atoms with Crippen LogP contribution < -0.4 is 20.9 Å². The number of aromatic nitrogens is 2. The lowest BCUT2D eigenvalue weighted by Gasteiger charge is -2.34. The molecule has 0 amide bonds. The normalized spacial score (nSPS) is 17.2. The van der Waals surface area contributed by atoms with Crippen LogP contribution in [0.1, 0.15) is 40.3 Å². The van der Waals surface area contributed by atoms with E-state index in [0.717, 1.165) is 12.3 Å². The number of hydrogen-bond donors (Lipinski definition) is 4. The molecule has 1 unspecified atom stereocenters. The number of aliphatic hydroxyl groups is 2. The summed E-state index contributed by atoms with van der Waals surface area (Å²) in [6.07, 6.45) is -3.32. The molecule has 0 spiro atoms. The second-order valence-corrected chi connectivity index (χ2v) is 10.2. The second-order valence-electron chi connectivity index (χ2n) is 8.49. The van der Waals surface area contributed by atoms with Crippen LogP contribution in [0.5, 0.6) is 5.75 Å². The van der Waals surface area contributed by atoms with Crippen molar-refractivity contribution in [3.05, 3.63) is 63.4 Å². The molecule has 1 aromatic carbocycles. The molecule has 2 aromatic rings. The first-order valence-electron chi connectivity index (χ1n) is 11.8. The SMILES string of the molecule is CC[C@H](O)[C@@](F)(COP(=O)(N[C@@H](C)C(=O)OC(C)C)Oc1ccccc1)O[C@H](CO)n1ccc(=O)[nH]c1=O. The number of nitrogens with zero attached hydrogens (tertiary/aromatic N) is 1. The number of carbonyl (C=O) groups excluding carboxylic acids is 1. The van der Waals surface area contributed by atoms with Gasteiger partial charge in [-0.15, -0.1) is 0 Å². The maximum absolute atomic E-state index is 16.1. The molecule has 1 aromatic heterocycles. The third-order valence-electron chi connectivity index (χ3n) is 4.99. The summed E-state index contributed by atoms with van der Waals surface area (Å²) in [6, 6.07) is 7.44. The van der Waals surface area contributed by atoms with Gasteiger partial charge in [0.15, 0.2) is 6.23 Å². The van der Waals surface area contributed by atoms with E-state index in [1.54, 1.807) is 32.0 Å². The summed E-state index contributed by atoms with van der Waals surface area (Å²) < 4.78 is 51.5. The summed E-state index contributed by atoms with van der Waals surface area (Å²) in [5, 5.41) is 22.5. The lowest BCUT2D eigenvalue weighted by Crippen LogP contribution is -2.48. The number of rotatable bonds is 15. The third kappa shape index (κ3) is 8.86. The summed E-state index contributed by atoms with van der Waals surface area (Å²) in [7, 11) is -4.54. The number of carbonyl (C=O) groups is 1. The highest BCUT2D eigenvalue weighted by Gasteiger charge is 2.45. The molecule has 2 rings (SSSR count). The fourth-order valence-corrected chi connectivity index (χ4v) is 4.59. The largest absolute Gasteiger partial charge is 0.462 e. The molecule has 0 saturated carbocycles. The monoisotopic (exact) mass is 561 g/mol. The molecule has 1 heterocycles. The highest BCUT2D eigenvalue weighted by Crippen LogP contribution is 2.46. The van der Waals surface area contributed by atoms with Crippen LogP contribution in [-0.2, 0) is 23.4 Å². The molecule has 38 heavy (non-hydrogen) atoms. The summed E-state index contributed by atoms with van der Waals surface area (Å²) in [4.78, 5) is 37.7. The first-order valence-corrected chi connectivity index (χ1v) is 13.3. The van der Waals surface area contributed by atoms with Gasteiger partial charge in [-0.05, 0) is 39.3 Å². The Morgan fingerprint density at radius 1 is 1.21 bits per heavy atom. The number of aliphatic hydroxyl groups excluding tert-OH is 2. The minimum atomic E-state index is -4.54. The first-order chi connectivity index (χ1) is 17.8. The molecule has 0 aliphatic rings. The Kier molecular flexibility index (Phi) is 11.4. The van der Waals surface area contributed by atoms with Gasteiger partial charge in [-0.3, -0.25) is 23.7 Å². The van der Waals surface area contributed by atoms with E-state index in [-0.39, 0.29) is 12.2 Å². The van der Waals surface area contributed by atoms with E-state index in [2.05, 4.69) is 5.09 Å². The Labute approximate surface area is 218 Å². The van der Waals surface area contributed by atoms with Crippen LogP contribution in [0.3, 0.4) is 0 Å². The molecule has 0 aliphatic carbocycles. The number of alkyl halides is 1. The summed E-state index contributed by atoms with van der Waals surface area (Å²) in [5.41, 5.74) is -1.75. The van der Waals surface area contributed by atoms with Gasteiger partial charge in [-0.2, -0.15) is 5.09 Å². The number of ether oxygens (including phenoxy) is 2. The van der Waals surface area contributed by atoms with Crippen LogP contribution in [0.25, 0.3) is 0 Å². The van der Waals surface area contributed by atoms with Crippen molar-refractivity contribution in [3.8, 4) is 5.75 Å². The molecule has 0 aliphatic heterocycles. The summed E-state index contributed by atoms with van der Waals surface area (Å²) in [6.45, 7) is 3.83. The number of hydrogen-bond acceptors (Lipinski definition) is 10. The van der Waals surface area contributed by atoms with Gasteiger partial charge >= 0.3 is 19.4 Å². The minimum absolute atomic E-state index is 0.0576. The van der Waals surface area contributed by atoms with Gasteiger partial charge in [0.05, 0.1) is 12.7 Å². The third-order valence-corrected chi connectivity index (χ3v) is 6.61. The molecule has 0 bridgehead atoms. The molecular formula is C23H33FN3O10P. The van der Waals surface area contributed by atoms with Crippen molar-refractivity contribution in [3.63, 3.8) is 0 Å². The number of nitrogens with one attached hydrogen (secondary N) is 2. The van der Waals surface area contributed by atoms with Crippen molar-refractivity contribution in [2.24, 2.45) is 0 Å². The van der Waals surface area contributed by atoms with Crippen LogP contribution in [0.4, 0.5) is 4.39 Å². The molecule has 0 radical (unpaired) electrons. The maximum Gasteiger partial charge on any atom is 0.459 e. The van der Waals surface area contributed by atoms with Crippen molar-refractivity contribution < 1.29 is 42.5 Å². The van der Waals surface area contributed by atoms with Gasteiger partial charge < -0.3 is 24.2 Å². The zero-order valence-electron chi connectivity index (χ0n) is 21.4. The van der Waals surface area contributed by atoms with E-state index in [9.17, 15) is 29.2 Å². The Bertz CT molecular complexity index is 1210. The molecule has 15 heteroatoms. The average molecular weight is 562 g/mol. The fourth-order valence-electron chi connectivity index (χ4n) is 3.08. The molecular weight excluding hydrogens is 528 g/mol. The van der Waals surface area contributed by atoms with Crippen LogP contribution in [-0.4, -0.2) is 63.1 Å². The Morgan fingerprint density at radius 2 is 1.87 bits per heavy atom. The van der Waals surface area contributed by atoms with Gasteiger partial charge in [0, 0.05) is 12.3 Å². The lowest BCUT2D eigenvalue weighted by molar-refractivity contribution is -0.268. The number of benzene rings is 1. The van der Waals surface area contributed by atoms with Gasteiger partial charge in [0.1, 0.15) is 24.5 Å². The van der Waals surface area contributed by atoms with Crippen LogP contribution in [0.2, 0.25) is 0 Å². The van der Waals surface area contributed by atoms with Crippen molar-refractivity contribution >= 4 is 13.7 Å². The van der Waals surface area contributed by atoms with Crippen molar-refractivity contribution in [1.29, 1.82) is 0 Å². The summed E-state index contributed by atoms with van der Waals surface area (Å²) >= 11 is 0. The van der Waals surface area contributed by atoms with E-state index in [4.69, 9.17) is 18.5 Å². The van der Waals surface area contributed by atoms with Crippen molar-refractivity contribution in [2.75, 3.05) is 13.2 Å². The number of esters is 1. The minimum Gasteiger partial charge on any atom is -0.462 e.